The smallest absolute Gasteiger partial charge is 0.303 e. The van der Waals surface area contributed by atoms with E-state index in [0.29, 0.717) is 0 Å². The van der Waals surface area contributed by atoms with Crippen LogP contribution in [-0.2, 0) is 9.53 Å². The minimum atomic E-state index is -2.39. The molecule has 0 spiro atoms. The van der Waals surface area contributed by atoms with Gasteiger partial charge >= 0.3 is 5.72 Å². The Balaban J connectivity index is 2.08. The Morgan fingerprint density at radius 1 is 1.20 bits per heavy atom. The highest BCUT2D eigenvalue weighted by Crippen LogP contribution is 2.36. The standard InChI is InChI=1S/C12H11N9O4/c13-6-1-4(16-18-6)9(23)8-11(15)20-21-12(8,25-3-22)10(24)5-2-7(14)19-17-5/h1-3,8,15H,(H3,13,16,18)(H3,14,17,19). The van der Waals surface area contributed by atoms with Gasteiger partial charge in [0.1, 0.15) is 23.0 Å². The van der Waals surface area contributed by atoms with Crippen LogP contribution in [0, 0.1) is 11.3 Å². The summed E-state index contributed by atoms with van der Waals surface area (Å²) in [6.45, 7) is -0.0587. The lowest BCUT2D eigenvalue weighted by Gasteiger charge is -2.25. The van der Waals surface area contributed by atoms with Crippen LogP contribution in [0.15, 0.2) is 22.4 Å². The molecule has 2 atom stereocenters. The summed E-state index contributed by atoms with van der Waals surface area (Å²) in [5, 5.41) is 26.8. The Hall–Kier alpha value is -3.90. The SMILES string of the molecule is N=C1N=NC(OC=O)(C(=O)c2cc(N)n[nH]2)C1C(=O)c1cc(N)n[nH]1. The molecule has 3 rings (SSSR count). The minimum Gasteiger partial charge on any atom is -0.428 e. The van der Waals surface area contributed by atoms with E-state index in [-0.39, 0.29) is 29.5 Å². The van der Waals surface area contributed by atoms with Crippen molar-refractivity contribution in [2.24, 2.45) is 16.1 Å². The second kappa shape index (κ2) is 5.63. The van der Waals surface area contributed by atoms with E-state index in [4.69, 9.17) is 21.6 Å². The molecule has 0 bridgehead atoms. The molecule has 0 fully saturated rings. The van der Waals surface area contributed by atoms with Crippen molar-refractivity contribution in [2.45, 2.75) is 5.72 Å². The molecule has 25 heavy (non-hydrogen) atoms. The van der Waals surface area contributed by atoms with Crippen LogP contribution >= 0.6 is 0 Å². The third-order valence-electron chi connectivity index (χ3n) is 3.49. The lowest BCUT2D eigenvalue weighted by molar-refractivity contribution is -0.139. The molecule has 13 nitrogen and oxygen atoms in total. The molecule has 0 amide bonds. The topological polar surface area (TPSA) is 218 Å². The van der Waals surface area contributed by atoms with Crippen LogP contribution in [0.1, 0.15) is 21.0 Å². The van der Waals surface area contributed by atoms with Crippen LogP contribution in [0.25, 0.3) is 0 Å². The maximum absolute atomic E-state index is 12.8. The van der Waals surface area contributed by atoms with Gasteiger partial charge in [0.2, 0.25) is 5.78 Å². The molecule has 7 N–H and O–H groups in total. The number of H-pyrrole nitrogens is 2. The first-order valence-electron chi connectivity index (χ1n) is 6.72. The Morgan fingerprint density at radius 3 is 2.32 bits per heavy atom. The number of nitrogens with zero attached hydrogens (tertiary/aromatic N) is 4. The van der Waals surface area contributed by atoms with Gasteiger partial charge in [0, 0.05) is 12.1 Å². The van der Waals surface area contributed by atoms with Crippen molar-refractivity contribution >= 4 is 35.5 Å². The number of ether oxygens (including phenoxy) is 1. The zero-order valence-electron chi connectivity index (χ0n) is 12.4. The molecule has 0 saturated heterocycles. The number of amidine groups is 1. The number of carbonyl (C=O) groups is 3. The molecule has 1 aliphatic rings. The maximum Gasteiger partial charge on any atom is 0.303 e. The Bertz CT molecular complexity index is 913. The number of hydrogen-bond acceptors (Lipinski definition) is 10. The van der Waals surface area contributed by atoms with Gasteiger partial charge in [0.15, 0.2) is 17.5 Å². The van der Waals surface area contributed by atoms with Gasteiger partial charge in [0.05, 0.1) is 0 Å². The van der Waals surface area contributed by atoms with Crippen molar-refractivity contribution in [3.63, 3.8) is 0 Å². The first-order valence-corrected chi connectivity index (χ1v) is 6.72. The van der Waals surface area contributed by atoms with Crippen molar-refractivity contribution in [3.8, 4) is 0 Å². The molecule has 0 aromatic carbocycles. The number of carbonyl (C=O) groups excluding carboxylic acids is 3. The molecule has 0 radical (unpaired) electrons. The first kappa shape index (κ1) is 16.0. The summed E-state index contributed by atoms with van der Waals surface area (Å²) in [5.74, 6) is -3.92. The second-order valence-electron chi connectivity index (χ2n) is 5.04. The summed E-state index contributed by atoms with van der Waals surface area (Å²) < 4.78 is 4.84. The fraction of sp³-hybridized carbons (Fsp3) is 0.167. The number of anilines is 2. The molecule has 0 saturated carbocycles. The van der Waals surface area contributed by atoms with Crippen LogP contribution in [-0.4, -0.2) is 50.0 Å². The first-order chi connectivity index (χ1) is 11.9. The van der Waals surface area contributed by atoms with E-state index < -0.39 is 29.0 Å². The Kier molecular flexibility index (Phi) is 3.60. The van der Waals surface area contributed by atoms with Crippen molar-refractivity contribution in [1.29, 1.82) is 5.41 Å². The third-order valence-corrected chi connectivity index (χ3v) is 3.49. The van der Waals surface area contributed by atoms with E-state index in [2.05, 4.69) is 30.6 Å². The fourth-order valence-corrected chi connectivity index (χ4v) is 2.39. The number of nitrogen functional groups attached to an aromatic ring is 2. The molecule has 128 valence electrons. The van der Waals surface area contributed by atoms with Crippen LogP contribution in [0.4, 0.5) is 11.6 Å². The van der Waals surface area contributed by atoms with Gasteiger partial charge in [-0.05, 0) is 0 Å². The van der Waals surface area contributed by atoms with E-state index in [1.54, 1.807) is 0 Å². The Morgan fingerprint density at radius 2 is 1.80 bits per heavy atom. The van der Waals surface area contributed by atoms with Crippen molar-refractivity contribution < 1.29 is 19.1 Å². The quantitative estimate of drug-likeness (QED) is 0.331. The molecule has 0 aliphatic carbocycles. The molecule has 3 heterocycles. The third kappa shape index (κ3) is 2.43. The van der Waals surface area contributed by atoms with Crippen molar-refractivity contribution in [1.82, 2.24) is 20.4 Å². The summed E-state index contributed by atoms with van der Waals surface area (Å²) in [6.07, 6.45) is 0. The summed E-state index contributed by atoms with van der Waals surface area (Å²) >= 11 is 0. The van der Waals surface area contributed by atoms with Crippen LogP contribution in [0.5, 0.6) is 0 Å². The normalized spacial score (nSPS) is 22.1. The van der Waals surface area contributed by atoms with Crippen LogP contribution < -0.4 is 11.5 Å². The van der Waals surface area contributed by atoms with Gasteiger partial charge < -0.3 is 16.2 Å². The summed E-state index contributed by atoms with van der Waals surface area (Å²) in [5.41, 5.74) is 8.24. The second-order valence-corrected chi connectivity index (χ2v) is 5.04. The molecule has 2 aromatic heterocycles. The summed E-state index contributed by atoms with van der Waals surface area (Å²) in [6, 6.07) is 2.38. The average molecular weight is 345 g/mol. The van der Waals surface area contributed by atoms with E-state index in [1.807, 2.05) is 0 Å². The van der Waals surface area contributed by atoms with Crippen LogP contribution in [0.2, 0.25) is 0 Å². The number of aromatic amines is 2. The maximum atomic E-state index is 12.8. The lowest BCUT2D eigenvalue weighted by Crippen LogP contribution is -2.50. The van der Waals surface area contributed by atoms with Gasteiger partial charge in [-0.1, -0.05) is 0 Å². The lowest BCUT2D eigenvalue weighted by atomic mass is 9.86. The van der Waals surface area contributed by atoms with Gasteiger partial charge in [-0.3, -0.25) is 30.0 Å². The number of azo groups is 1. The number of nitrogens with one attached hydrogen (secondary N) is 3. The number of rotatable bonds is 6. The predicted molar refractivity (Wildman–Crippen MR) is 80.6 cm³/mol. The Labute approximate surface area is 138 Å². The fourth-order valence-electron chi connectivity index (χ4n) is 2.39. The highest BCUT2D eigenvalue weighted by Gasteiger charge is 2.59. The van der Waals surface area contributed by atoms with E-state index in [0.717, 1.165) is 0 Å². The number of aromatic nitrogens is 4. The number of ketones is 2. The van der Waals surface area contributed by atoms with E-state index in [9.17, 15) is 14.4 Å². The number of hydrogen-bond donors (Lipinski definition) is 5. The van der Waals surface area contributed by atoms with Gasteiger partial charge in [-0.15, -0.1) is 10.2 Å². The van der Waals surface area contributed by atoms with E-state index >= 15 is 0 Å². The molecule has 2 unspecified atom stereocenters. The highest BCUT2D eigenvalue weighted by atomic mass is 16.6. The number of Topliss-reactive ketones (excluding diaryl/α,β-unsaturated/α-hetero) is 2. The van der Waals surface area contributed by atoms with Gasteiger partial charge in [-0.25, -0.2) is 0 Å². The van der Waals surface area contributed by atoms with E-state index in [1.165, 1.54) is 12.1 Å². The molecular weight excluding hydrogens is 334 g/mol. The predicted octanol–water partition coefficient (Wildman–Crippen LogP) is -0.709. The largest absolute Gasteiger partial charge is 0.428 e. The molecule has 13 heteroatoms. The van der Waals surface area contributed by atoms with Gasteiger partial charge in [-0.2, -0.15) is 10.2 Å². The van der Waals surface area contributed by atoms with Crippen LogP contribution in [0.3, 0.4) is 0 Å². The van der Waals surface area contributed by atoms with Crippen molar-refractivity contribution in [2.75, 3.05) is 11.5 Å². The summed E-state index contributed by atoms with van der Waals surface area (Å²) in [7, 11) is 0. The van der Waals surface area contributed by atoms with Gasteiger partial charge in [0.25, 0.3) is 6.47 Å². The summed E-state index contributed by atoms with van der Waals surface area (Å²) in [4.78, 5) is 36.5. The van der Waals surface area contributed by atoms with Crippen molar-refractivity contribution in [3.05, 3.63) is 23.5 Å². The zero-order valence-corrected chi connectivity index (χ0v) is 12.4. The highest BCUT2D eigenvalue weighted by molar-refractivity contribution is 6.18. The molecular formula is C12H11N9O4. The average Bonchev–Trinajstić information content (AvgIpc) is 3.27. The molecule has 2 aromatic rings. The number of nitrogens with two attached hydrogens (primary N) is 2. The molecule has 1 aliphatic heterocycles. The zero-order chi connectivity index (χ0) is 18.2. The minimum absolute atomic E-state index is 0.00108. The monoisotopic (exact) mass is 345 g/mol.